The molecule has 128 valence electrons. The summed E-state index contributed by atoms with van der Waals surface area (Å²) in [5.41, 5.74) is 1.01. The molecule has 0 spiro atoms. The standard InChI is InChI=1S/C19H23NO3S/c1-22-15-8-6-14(7-9-15)18(12-17-5-3-11-24-17)19(21)20-13-16-4-2-10-23-16/h3,5-9,11,16,18H,2,4,10,12-13H2,1H3,(H,20,21). The Bertz CT molecular complexity index is 633. The molecule has 1 aliphatic rings. The number of nitrogens with one attached hydrogen (secondary N) is 1. The lowest BCUT2D eigenvalue weighted by Gasteiger charge is -2.18. The monoisotopic (exact) mass is 345 g/mol. The van der Waals surface area contributed by atoms with Crippen LogP contribution in [0, 0.1) is 0 Å². The number of hydrogen-bond donors (Lipinski definition) is 1. The van der Waals surface area contributed by atoms with Crippen molar-refractivity contribution in [3.05, 3.63) is 52.2 Å². The van der Waals surface area contributed by atoms with E-state index in [1.54, 1.807) is 18.4 Å². The van der Waals surface area contributed by atoms with Gasteiger partial charge in [0.2, 0.25) is 5.91 Å². The number of hydrogen-bond acceptors (Lipinski definition) is 4. The molecule has 0 saturated carbocycles. The van der Waals surface area contributed by atoms with Crippen molar-refractivity contribution in [2.75, 3.05) is 20.3 Å². The Morgan fingerprint density at radius 2 is 2.21 bits per heavy atom. The highest BCUT2D eigenvalue weighted by atomic mass is 32.1. The van der Waals surface area contributed by atoms with Crippen LogP contribution in [0.4, 0.5) is 0 Å². The lowest BCUT2D eigenvalue weighted by Crippen LogP contribution is -2.36. The Labute approximate surface area is 146 Å². The third-order valence-corrected chi connectivity index (χ3v) is 5.25. The zero-order valence-electron chi connectivity index (χ0n) is 13.9. The van der Waals surface area contributed by atoms with Crippen molar-refractivity contribution in [2.45, 2.75) is 31.3 Å². The summed E-state index contributed by atoms with van der Waals surface area (Å²) in [6.07, 6.45) is 2.98. The maximum absolute atomic E-state index is 12.8. The van der Waals surface area contributed by atoms with E-state index in [0.717, 1.165) is 30.8 Å². The van der Waals surface area contributed by atoms with Gasteiger partial charge in [0.25, 0.3) is 0 Å². The van der Waals surface area contributed by atoms with Crippen LogP contribution in [-0.2, 0) is 16.0 Å². The molecular weight excluding hydrogens is 322 g/mol. The van der Waals surface area contributed by atoms with E-state index in [-0.39, 0.29) is 17.9 Å². The quantitative estimate of drug-likeness (QED) is 0.837. The van der Waals surface area contributed by atoms with Crippen LogP contribution in [-0.4, -0.2) is 32.3 Å². The number of carbonyl (C=O) groups is 1. The SMILES string of the molecule is COc1ccc(C(Cc2cccs2)C(=O)NCC2CCCO2)cc1. The van der Waals surface area contributed by atoms with Crippen molar-refractivity contribution in [1.29, 1.82) is 0 Å². The maximum atomic E-state index is 12.8. The molecule has 1 amide bonds. The van der Waals surface area contributed by atoms with Gasteiger partial charge in [-0.3, -0.25) is 4.79 Å². The molecule has 1 aliphatic heterocycles. The van der Waals surface area contributed by atoms with Gasteiger partial charge in [-0.2, -0.15) is 0 Å². The Morgan fingerprint density at radius 3 is 2.83 bits per heavy atom. The summed E-state index contributed by atoms with van der Waals surface area (Å²) in [6.45, 7) is 1.40. The second-order valence-corrected chi connectivity index (χ2v) is 7.02. The first-order valence-electron chi connectivity index (χ1n) is 8.32. The van der Waals surface area contributed by atoms with Crippen LogP contribution in [0.5, 0.6) is 5.75 Å². The molecule has 5 heteroatoms. The minimum Gasteiger partial charge on any atom is -0.497 e. The first kappa shape index (κ1) is 17.0. The second-order valence-electron chi connectivity index (χ2n) is 5.99. The number of carbonyl (C=O) groups excluding carboxylic acids is 1. The van der Waals surface area contributed by atoms with E-state index in [2.05, 4.69) is 11.4 Å². The highest BCUT2D eigenvalue weighted by molar-refractivity contribution is 7.09. The van der Waals surface area contributed by atoms with Crippen LogP contribution in [0.1, 0.15) is 29.2 Å². The van der Waals surface area contributed by atoms with E-state index >= 15 is 0 Å². The fraction of sp³-hybridized carbons (Fsp3) is 0.421. The van der Waals surface area contributed by atoms with Crippen LogP contribution < -0.4 is 10.1 Å². The first-order valence-corrected chi connectivity index (χ1v) is 9.20. The third-order valence-electron chi connectivity index (χ3n) is 4.35. The van der Waals surface area contributed by atoms with Crippen molar-refractivity contribution in [1.82, 2.24) is 5.32 Å². The van der Waals surface area contributed by atoms with Crippen molar-refractivity contribution >= 4 is 17.2 Å². The van der Waals surface area contributed by atoms with Gasteiger partial charge in [-0.1, -0.05) is 18.2 Å². The number of methoxy groups -OCH3 is 1. The van der Waals surface area contributed by atoms with Gasteiger partial charge in [0.15, 0.2) is 0 Å². The summed E-state index contributed by atoms with van der Waals surface area (Å²) in [7, 11) is 1.65. The van der Waals surface area contributed by atoms with Gasteiger partial charge in [0.1, 0.15) is 5.75 Å². The average molecular weight is 345 g/mol. The Hall–Kier alpha value is -1.85. The number of thiophene rings is 1. The van der Waals surface area contributed by atoms with E-state index in [9.17, 15) is 4.79 Å². The van der Waals surface area contributed by atoms with Crippen LogP contribution in [0.15, 0.2) is 41.8 Å². The summed E-state index contributed by atoms with van der Waals surface area (Å²) in [6, 6.07) is 11.9. The van der Waals surface area contributed by atoms with E-state index in [4.69, 9.17) is 9.47 Å². The van der Waals surface area contributed by atoms with Crippen molar-refractivity contribution in [3.63, 3.8) is 0 Å². The summed E-state index contributed by atoms with van der Waals surface area (Å²) in [4.78, 5) is 14.0. The molecule has 2 heterocycles. The lowest BCUT2D eigenvalue weighted by molar-refractivity contribution is -0.123. The van der Waals surface area contributed by atoms with E-state index in [0.29, 0.717) is 13.0 Å². The highest BCUT2D eigenvalue weighted by Crippen LogP contribution is 2.26. The first-order chi connectivity index (χ1) is 11.8. The van der Waals surface area contributed by atoms with Crippen LogP contribution in [0.25, 0.3) is 0 Å². The molecule has 1 saturated heterocycles. The summed E-state index contributed by atoms with van der Waals surface area (Å²) in [5.74, 6) is 0.661. The molecule has 0 radical (unpaired) electrons. The zero-order valence-corrected chi connectivity index (χ0v) is 14.7. The molecule has 0 aliphatic carbocycles. The molecule has 4 nitrogen and oxygen atoms in total. The van der Waals surface area contributed by atoms with Gasteiger partial charge in [0.05, 0.1) is 19.1 Å². The third kappa shape index (κ3) is 4.36. The Kier molecular flexibility index (Phi) is 5.88. The van der Waals surface area contributed by atoms with Gasteiger partial charge < -0.3 is 14.8 Å². The number of rotatable bonds is 7. The average Bonchev–Trinajstić information content (AvgIpc) is 3.31. The van der Waals surface area contributed by atoms with Crippen LogP contribution in [0.2, 0.25) is 0 Å². The van der Waals surface area contributed by atoms with Gasteiger partial charge in [0, 0.05) is 18.0 Å². The van der Waals surface area contributed by atoms with Gasteiger partial charge in [-0.25, -0.2) is 0 Å². The molecule has 24 heavy (non-hydrogen) atoms. The maximum Gasteiger partial charge on any atom is 0.228 e. The molecule has 2 aromatic rings. The molecule has 1 aromatic carbocycles. The molecule has 1 aromatic heterocycles. The van der Waals surface area contributed by atoms with Gasteiger partial charge >= 0.3 is 0 Å². The number of benzene rings is 1. The summed E-state index contributed by atoms with van der Waals surface area (Å²) < 4.78 is 10.8. The molecule has 1 N–H and O–H groups in total. The predicted molar refractivity (Wildman–Crippen MR) is 95.7 cm³/mol. The van der Waals surface area contributed by atoms with Gasteiger partial charge in [-0.15, -0.1) is 11.3 Å². The lowest BCUT2D eigenvalue weighted by atomic mass is 9.94. The van der Waals surface area contributed by atoms with Crippen molar-refractivity contribution in [2.24, 2.45) is 0 Å². The minimum absolute atomic E-state index is 0.0593. The summed E-state index contributed by atoms with van der Waals surface area (Å²) >= 11 is 1.68. The molecule has 2 atom stereocenters. The fourth-order valence-electron chi connectivity index (χ4n) is 2.97. The van der Waals surface area contributed by atoms with Crippen LogP contribution in [0.3, 0.4) is 0 Å². The van der Waals surface area contributed by atoms with E-state index < -0.39 is 0 Å². The fourth-order valence-corrected chi connectivity index (χ4v) is 3.72. The van der Waals surface area contributed by atoms with Crippen LogP contribution >= 0.6 is 11.3 Å². The smallest absolute Gasteiger partial charge is 0.228 e. The zero-order chi connectivity index (χ0) is 16.8. The molecule has 0 bridgehead atoms. The molecule has 2 unspecified atom stereocenters. The van der Waals surface area contributed by atoms with Crippen molar-refractivity contribution < 1.29 is 14.3 Å². The van der Waals surface area contributed by atoms with E-state index in [1.807, 2.05) is 35.7 Å². The minimum atomic E-state index is -0.198. The Balaban J connectivity index is 1.71. The Morgan fingerprint density at radius 1 is 1.38 bits per heavy atom. The highest BCUT2D eigenvalue weighted by Gasteiger charge is 2.23. The topological polar surface area (TPSA) is 47.6 Å². The molecule has 1 fully saturated rings. The molecule has 3 rings (SSSR count). The largest absolute Gasteiger partial charge is 0.497 e. The second kappa shape index (κ2) is 8.31. The van der Waals surface area contributed by atoms with E-state index in [1.165, 1.54) is 4.88 Å². The molecular formula is C19H23NO3S. The normalized spacial score (nSPS) is 18.3. The number of ether oxygens (including phenoxy) is 2. The predicted octanol–water partition coefficient (Wildman–Crippen LogP) is 3.38. The number of amides is 1. The summed E-state index contributed by atoms with van der Waals surface area (Å²) in [5, 5.41) is 5.12. The van der Waals surface area contributed by atoms with Crippen molar-refractivity contribution in [3.8, 4) is 5.75 Å². The van der Waals surface area contributed by atoms with Gasteiger partial charge in [-0.05, 0) is 48.4 Å².